The number of anilines is 2. The zero-order chi connectivity index (χ0) is 13.3. The molecule has 1 aliphatic heterocycles. The molecule has 1 fully saturated rings. The third-order valence-electron chi connectivity index (χ3n) is 2.35. The molecule has 0 unspecified atom stereocenters. The molecule has 0 saturated carbocycles. The summed E-state index contributed by atoms with van der Waals surface area (Å²) < 4.78 is 37.5. The lowest BCUT2D eigenvalue weighted by Crippen LogP contribution is -2.48. The zero-order valence-electron chi connectivity index (χ0n) is 9.16. The fraction of sp³-hybridized carbons (Fsp3) is 0.444. The third kappa shape index (κ3) is 2.60. The number of hydrogen-bond donors (Lipinski definition) is 2. The summed E-state index contributed by atoms with van der Waals surface area (Å²) in [5.41, 5.74) is 5.32. The van der Waals surface area contributed by atoms with Crippen LogP contribution in [0.15, 0.2) is 6.07 Å². The van der Waals surface area contributed by atoms with Crippen LogP contribution in [0.5, 0.6) is 0 Å². The molecule has 1 aromatic rings. The number of carbonyl (C=O) groups is 1. The Labute approximate surface area is 100.0 Å². The van der Waals surface area contributed by atoms with Crippen molar-refractivity contribution in [3.05, 3.63) is 11.9 Å². The Kier molecular flexibility index (Phi) is 2.97. The molecular formula is C9H10F3N5O. The minimum absolute atomic E-state index is 0.00433. The summed E-state index contributed by atoms with van der Waals surface area (Å²) >= 11 is 0. The van der Waals surface area contributed by atoms with Crippen molar-refractivity contribution in [3.63, 3.8) is 0 Å². The number of piperazine rings is 1. The number of nitrogens with zero attached hydrogens (tertiary/aromatic N) is 3. The summed E-state index contributed by atoms with van der Waals surface area (Å²) in [6.07, 6.45) is -4.66. The van der Waals surface area contributed by atoms with E-state index < -0.39 is 12.0 Å². The number of carbonyl (C=O) groups excluding carboxylic acids is 1. The fourth-order valence-electron chi connectivity index (χ4n) is 1.58. The molecule has 1 saturated heterocycles. The van der Waals surface area contributed by atoms with Crippen LogP contribution in [-0.2, 0) is 11.0 Å². The molecule has 0 bridgehead atoms. The van der Waals surface area contributed by atoms with Gasteiger partial charge < -0.3 is 16.0 Å². The first-order valence-electron chi connectivity index (χ1n) is 5.09. The van der Waals surface area contributed by atoms with Gasteiger partial charge in [-0.2, -0.15) is 13.2 Å². The number of hydrogen-bond acceptors (Lipinski definition) is 5. The number of nitrogens with one attached hydrogen (secondary N) is 1. The highest BCUT2D eigenvalue weighted by Gasteiger charge is 2.36. The first-order chi connectivity index (χ1) is 8.36. The molecule has 1 amide bonds. The van der Waals surface area contributed by atoms with Gasteiger partial charge in [-0.15, -0.1) is 0 Å². The quantitative estimate of drug-likeness (QED) is 0.744. The van der Waals surface area contributed by atoms with Gasteiger partial charge in [0, 0.05) is 19.2 Å². The Balaban J connectivity index is 2.33. The summed E-state index contributed by atoms with van der Waals surface area (Å²) in [7, 11) is 0. The van der Waals surface area contributed by atoms with E-state index in [0.29, 0.717) is 13.1 Å². The topological polar surface area (TPSA) is 84.1 Å². The molecule has 0 aromatic carbocycles. The van der Waals surface area contributed by atoms with Gasteiger partial charge in [0.25, 0.3) is 0 Å². The van der Waals surface area contributed by atoms with Gasteiger partial charge >= 0.3 is 6.18 Å². The molecule has 98 valence electrons. The monoisotopic (exact) mass is 261 g/mol. The van der Waals surface area contributed by atoms with Crippen LogP contribution in [0, 0.1) is 0 Å². The van der Waals surface area contributed by atoms with Crippen molar-refractivity contribution in [2.24, 2.45) is 0 Å². The second-order valence-corrected chi connectivity index (χ2v) is 3.74. The molecule has 6 nitrogen and oxygen atoms in total. The molecule has 3 N–H and O–H groups in total. The van der Waals surface area contributed by atoms with E-state index in [0.717, 1.165) is 0 Å². The van der Waals surface area contributed by atoms with Gasteiger partial charge in [-0.3, -0.25) is 4.79 Å². The van der Waals surface area contributed by atoms with Crippen LogP contribution in [0.3, 0.4) is 0 Å². The summed E-state index contributed by atoms with van der Waals surface area (Å²) in [4.78, 5) is 19.1. The Morgan fingerprint density at radius 3 is 2.72 bits per heavy atom. The second-order valence-electron chi connectivity index (χ2n) is 3.74. The summed E-state index contributed by atoms with van der Waals surface area (Å²) in [6.45, 7) is 0.678. The van der Waals surface area contributed by atoms with E-state index in [1.165, 1.54) is 11.0 Å². The van der Waals surface area contributed by atoms with E-state index in [4.69, 9.17) is 5.73 Å². The van der Waals surface area contributed by atoms with E-state index in [-0.39, 0.29) is 24.1 Å². The summed E-state index contributed by atoms with van der Waals surface area (Å²) in [5.74, 6) is -1.85. The maximum Gasteiger partial charge on any atom is 0.451 e. The largest absolute Gasteiger partial charge is 0.451 e. The number of nitrogens with two attached hydrogens (primary N) is 1. The Morgan fingerprint density at radius 1 is 1.39 bits per heavy atom. The lowest BCUT2D eigenvalue weighted by molar-refractivity contribution is -0.144. The predicted octanol–water partition coefficient (Wildman–Crippen LogP) is 0.0138. The van der Waals surface area contributed by atoms with E-state index in [1.807, 2.05) is 0 Å². The van der Waals surface area contributed by atoms with Crippen LogP contribution in [0.1, 0.15) is 5.82 Å². The molecule has 0 aliphatic carbocycles. The van der Waals surface area contributed by atoms with E-state index in [1.54, 1.807) is 0 Å². The average Bonchev–Trinajstić information content (AvgIpc) is 2.27. The maximum absolute atomic E-state index is 12.5. The number of rotatable bonds is 1. The molecule has 1 aromatic heterocycles. The Hall–Kier alpha value is -2.06. The van der Waals surface area contributed by atoms with Crippen LogP contribution in [-0.4, -0.2) is 35.5 Å². The number of aromatic nitrogens is 2. The van der Waals surface area contributed by atoms with Crippen molar-refractivity contribution in [2.75, 3.05) is 30.3 Å². The summed E-state index contributed by atoms with van der Waals surface area (Å²) in [6, 6.07) is 1.22. The molecule has 18 heavy (non-hydrogen) atoms. The number of amides is 1. The molecule has 0 atom stereocenters. The molecule has 1 aliphatic rings. The lowest BCUT2D eigenvalue weighted by atomic mass is 10.3. The zero-order valence-corrected chi connectivity index (χ0v) is 9.16. The van der Waals surface area contributed by atoms with Crippen molar-refractivity contribution < 1.29 is 18.0 Å². The number of alkyl halides is 3. The smallest absolute Gasteiger partial charge is 0.384 e. The predicted molar refractivity (Wildman–Crippen MR) is 56.7 cm³/mol. The van der Waals surface area contributed by atoms with E-state index in [9.17, 15) is 18.0 Å². The molecule has 0 radical (unpaired) electrons. The van der Waals surface area contributed by atoms with Gasteiger partial charge in [0.2, 0.25) is 11.7 Å². The molecule has 9 heteroatoms. The second kappa shape index (κ2) is 4.31. The van der Waals surface area contributed by atoms with Gasteiger partial charge in [-0.05, 0) is 0 Å². The van der Waals surface area contributed by atoms with Crippen molar-refractivity contribution in [1.82, 2.24) is 15.3 Å². The van der Waals surface area contributed by atoms with Gasteiger partial charge in [0.15, 0.2) is 0 Å². The van der Waals surface area contributed by atoms with Crippen LogP contribution in [0.25, 0.3) is 0 Å². The highest BCUT2D eigenvalue weighted by molar-refractivity contribution is 5.82. The average molecular weight is 261 g/mol. The van der Waals surface area contributed by atoms with E-state index in [2.05, 4.69) is 15.3 Å². The Bertz CT molecular complexity index is 476. The van der Waals surface area contributed by atoms with Gasteiger partial charge in [0.05, 0.1) is 6.54 Å². The van der Waals surface area contributed by atoms with Crippen molar-refractivity contribution in [1.29, 1.82) is 0 Å². The standard InChI is InChI=1S/C9H10F3N5O/c10-9(11,12)8-15-5(13)3-6(16-8)17-2-1-14-7(18)4-17/h3H,1-2,4H2,(H,14,18)(H2,13,15,16). The van der Waals surface area contributed by atoms with Crippen LogP contribution >= 0.6 is 0 Å². The van der Waals surface area contributed by atoms with Gasteiger partial charge in [0.1, 0.15) is 11.6 Å². The third-order valence-corrected chi connectivity index (χ3v) is 2.35. The van der Waals surface area contributed by atoms with E-state index >= 15 is 0 Å². The maximum atomic E-state index is 12.5. The molecule has 2 heterocycles. The van der Waals surface area contributed by atoms with Crippen LogP contribution in [0.2, 0.25) is 0 Å². The normalized spacial score (nSPS) is 16.6. The van der Waals surface area contributed by atoms with Crippen LogP contribution in [0.4, 0.5) is 24.8 Å². The van der Waals surface area contributed by atoms with Crippen molar-refractivity contribution >= 4 is 17.5 Å². The fourth-order valence-corrected chi connectivity index (χ4v) is 1.58. The molecule has 2 rings (SSSR count). The minimum atomic E-state index is -4.66. The first-order valence-corrected chi connectivity index (χ1v) is 5.09. The van der Waals surface area contributed by atoms with Crippen molar-refractivity contribution in [3.8, 4) is 0 Å². The molecular weight excluding hydrogens is 251 g/mol. The van der Waals surface area contributed by atoms with Gasteiger partial charge in [-0.25, -0.2) is 9.97 Å². The number of nitrogen functional groups attached to an aromatic ring is 1. The van der Waals surface area contributed by atoms with Gasteiger partial charge in [-0.1, -0.05) is 0 Å². The highest BCUT2D eigenvalue weighted by Crippen LogP contribution is 2.28. The first kappa shape index (κ1) is 12.4. The Morgan fingerprint density at radius 2 is 2.11 bits per heavy atom. The number of halogens is 3. The van der Waals surface area contributed by atoms with Crippen LogP contribution < -0.4 is 16.0 Å². The highest BCUT2D eigenvalue weighted by atomic mass is 19.4. The lowest BCUT2D eigenvalue weighted by Gasteiger charge is -2.27. The molecule has 0 spiro atoms. The summed E-state index contributed by atoms with van der Waals surface area (Å²) in [5, 5.41) is 2.56. The van der Waals surface area contributed by atoms with Crippen molar-refractivity contribution in [2.45, 2.75) is 6.18 Å². The SMILES string of the molecule is Nc1cc(N2CCNC(=O)C2)nc(C(F)(F)F)n1. The minimum Gasteiger partial charge on any atom is -0.384 e.